The van der Waals surface area contributed by atoms with Crippen LogP contribution in [0.1, 0.15) is 24.0 Å². The molecule has 3 rings (SSSR count). The quantitative estimate of drug-likeness (QED) is 0.723. The van der Waals surface area contributed by atoms with Crippen LogP contribution in [-0.4, -0.2) is 20.4 Å². The van der Waals surface area contributed by atoms with E-state index in [4.69, 9.17) is 0 Å². The monoisotopic (exact) mass is 358 g/mol. The molecule has 0 unspecified atom stereocenters. The highest BCUT2D eigenvalue weighted by atomic mass is 32.1. The highest BCUT2D eigenvalue weighted by Gasteiger charge is 2.12. The maximum Gasteiger partial charge on any atom is 0.227 e. The first-order chi connectivity index (χ1) is 12.1. The standard InChI is InChI=1S/C18H19FN4OS/c1-3-15-20-9-11-23(15)10-8-16(24)21-18-22-17(12(2)25-18)13-4-6-14(19)7-5-13/h4-7,9,11H,3,8,10H2,1-2H3,(H,21,22,24). The fraction of sp³-hybridized carbons (Fsp3) is 0.278. The van der Waals surface area contributed by atoms with Crippen LogP contribution in [0.2, 0.25) is 0 Å². The summed E-state index contributed by atoms with van der Waals surface area (Å²) in [6, 6.07) is 6.19. The van der Waals surface area contributed by atoms with Gasteiger partial charge in [-0.2, -0.15) is 0 Å². The van der Waals surface area contributed by atoms with E-state index in [9.17, 15) is 9.18 Å². The van der Waals surface area contributed by atoms with Crippen molar-refractivity contribution in [3.05, 3.63) is 53.2 Å². The molecule has 1 N–H and O–H groups in total. The summed E-state index contributed by atoms with van der Waals surface area (Å²) in [5, 5.41) is 3.40. The van der Waals surface area contributed by atoms with Gasteiger partial charge >= 0.3 is 0 Å². The maximum absolute atomic E-state index is 13.1. The number of hydrogen-bond acceptors (Lipinski definition) is 4. The number of amides is 1. The van der Waals surface area contributed by atoms with Gasteiger partial charge in [0.25, 0.3) is 0 Å². The van der Waals surface area contributed by atoms with E-state index in [1.54, 1.807) is 18.3 Å². The summed E-state index contributed by atoms with van der Waals surface area (Å²) in [5.41, 5.74) is 1.60. The lowest BCUT2D eigenvalue weighted by molar-refractivity contribution is -0.116. The molecule has 2 heterocycles. The van der Waals surface area contributed by atoms with Gasteiger partial charge in [0.15, 0.2) is 5.13 Å². The summed E-state index contributed by atoms with van der Waals surface area (Å²) in [6.45, 7) is 4.56. The normalized spacial score (nSPS) is 10.8. The molecule has 0 atom stereocenters. The molecule has 0 fully saturated rings. The highest BCUT2D eigenvalue weighted by Crippen LogP contribution is 2.30. The zero-order valence-corrected chi connectivity index (χ0v) is 14.9. The van der Waals surface area contributed by atoms with Gasteiger partial charge in [-0.25, -0.2) is 14.4 Å². The van der Waals surface area contributed by atoms with Crippen LogP contribution in [0.5, 0.6) is 0 Å². The number of halogens is 1. The number of hydrogen-bond donors (Lipinski definition) is 1. The summed E-state index contributed by atoms with van der Waals surface area (Å²) in [7, 11) is 0. The molecule has 130 valence electrons. The van der Waals surface area contributed by atoms with Gasteiger partial charge in [-0.3, -0.25) is 4.79 Å². The number of rotatable bonds is 6. The summed E-state index contributed by atoms with van der Waals surface area (Å²) in [4.78, 5) is 21.9. The molecular formula is C18H19FN4OS. The Morgan fingerprint density at radius 2 is 2.08 bits per heavy atom. The molecule has 0 aliphatic carbocycles. The van der Waals surface area contributed by atoms with E-state index in [0.29, 0.717) is 18.1 Å². The smallest absolute Gasteiger partial charge is 0.227 e. The minimum Gasteiger partial charge on any atom is -0.334 e. The largest absolute Gasteiger partial charge is 0.334 e. The fourth-order valence-electron chi connectivity index (χ4n) is 2.59. The number of thiazole rings is 1. The Balaban J connectivity index is 1.64. The summed E-state index contributed by atoms with van der Waals surface area (Å²) >= 11 is 1.42. The third-order valence-electron chi connectivity index (χ3n) is 3.86. The van der Waals surface area contributed by atoms with Crippen molar-refractivity contribution in [3.63, 3.8) is 0 Å². The SMILES string of the molecule is CCc1nccn1CCC(=O)Nc1nc(-c2ccc(F)cc2)c(C)s1. The third kappa shape index (κ3) is 4.11. The van der Waals surface area contributed by atoms with Crippen molar-refractivity contribution in [3.8, 4) is 11.3 Å². The van der Waals surface area contributed by atoms with Crippen LogP contribution in [-0.2, 0) is 17.8 Å². The minimum absolute atomic E-state index is 0.0878. The third-order valence-corrected chi connectivity index (χ3v) is 4.74. The van der Waals surface area contributed by atoms with E-state index in [1.165, 1.54) is 23.5 Å². The molecular weight excluding hydrogens is 339 g/mol. The molecule has 0 saturated carbocycles. The van der Waals surface area contributed by atoms with Gasteiger partial charge in [-0.1, -0.05) is 6.92 Å². The number of nitrogens with zero attached hydrogens (tertiary/aromatic N) is 3. The average Bonchev–Trinajstić information content (AvgIpc) is 3.19. The second-order valence-corrected chi connectivity index (χ2v) is 6.82. The molecule has 7 heteroatoms. The van der Waals surface area contributed by atoms with Crippen LogP contribution in [0, 0.1) is 12.7 Å². The van der Waals surface area contributed by atoms with E-state index in [0.717, 1.165) is 28.4 Å². The molecule has 0 saturated heterocycles. The van der Waals surface area contributed by atoms with Crippen LogP contribution in [0.4, 0.5) is 9.52 Å². The van der Waals surface area contributed by atoms with E-state index < -0.39 is 0 Å². The lowest BCUT2D eigenvalue weighted by Gasteiger charge is -2.06. The molecule has 2 aromatic heterocycles. The topological polar surface area (TPSA) is 59.8 Å². The zero-order chi connectivity index (χ0) is 17.8. The Hall–Kier alpha value is -2.54. The maximum atomic E-state index is 13.1. The minimum atomic E-state index is -0.281. The first-order valence-corrected chi connectivity index (χ1v) is 8.91. The van der Waals surface area contributed by atoms with Crippen molar-refractivity contribution in [2.75, 3.05) is 5.32 Å². The highest BCUT2D eigenvalue weighted by molar-refractivity contribution is 7.16. The van der Waals surface area contributed by atoms with Gasteiger partial charge in [0, 0.05) is 42.2 Å². The zero-order valence-electron chi connectivity index (χ0n) is 14.1. The van der Waals surface area contributed by atoms with Gasteiger partial charge in [0.1, 0.15) is 11.6 Å². The molecule has 0 aliphatic heterocycles. The average molecular weight is 358 g/mol. The number of imidazole rings is 1. The van der Waals surface area contributed by atoms with E-state index in [2.05, 4.69) is 15.3 Å². The predicted octanol–water partition coefficient (Wildman–Crippen LogP) is 4.05. The number of anilines is 1. The van der Waals surface area contributed by atoms with Gasteiger partial charge in [-0.15, -0.1) is 11.3 Å². The first kappa shape index (κ1) is 17.3. The first-order valence-electron chi connectivity index (χ1n) is 8.10. The Kier molecular flexibility index (Phi) is 5.23. The summed E-state index contributed by atoms with van der Waals surface area (Å²) < 4.78 is 15.0. The molecule has 0 bridgehead atoms. The van der Waals surface area contributed by atoms with Crippen molar-refractivity contribution in [1.82, 2.24) is 14.5 Å². The molecule has 0 aliphatic rings. The number of aryl methyl sites for hydroxylation is 3. The van der Waals surface area contributed by atoms with Crippen LogP contribution in [0.15, 0.2) is 36.7 Å². The number of benzene rings is 1. The van der Waals surface area contributed by atoms with Crippen LogP contribution in [0.25, 0.3) is 11.3 Å². The van der Waals surface area contributed by atoms with Gasteiger partial charge in [0.05, 0.1) is 5.69 Å². The molecule has 1 amide bonds. The number of nitrogens with one attached hydrogen (secondary N) is 1. The van der Waals surface area contributed by atoms with Crippen LogP contribution >= 0.6 is 11.3 Å². The van der Waals surface area contributed by atoms with Crippen molar-refractivity contribution in [2.24, 2.45) is 0 Å². The number of carbonyl (C=O) groups is 1. The van der Waals surface area contributed by atoms with Crippen LogP contribution in [0.3, 0.4) is 0 Å². The molecule has 5 nitrogen and oxygen atoms in total. The molecule has 25 heavy (non-hydrogen) atoms. The predicted molar refractivity (Wildman–Crippen MR) is 97.1 cm³/mol. The van der Waals surface area contributed by atoms with Crippen LogP contribution < -0.4 is 5.32 Å². The second-order valence-electron chi connectivity index (χ2n) is 5.62. The van der Waals surface area contributed by atoms with Gasteiger partial charge in [-0.05, 0) is 31.2 Å². The lowest BCUT2D eigenvalue weighted by atomic mass is 10.1. The summed E-state index contributed by atoms with van der Waals surface area (Å²) in [5.74, 6) is 0.600. The fourth-order valence-corrected chi connectivity index (χ4v) is 3.44. The molecule has 0 radical (unpaired) electrons. The van der Waals surface area contributed by atoms with Crippen molar-refractivity contribution in [1.29, 1.82) is 0 Å². The summed E-state index contributed by atoms with van der Waals surface area (Å²) in [6.07, 6.45) is 4.82. The second kappa shape index (κ2) is 7.57. The van der Waals surface area contributed by atoms with Crippen molar-refractivity contribution < 1.29 is 9.18 Å². The number of carbonyl (C=O) groups excluding carboxylic acids is 1. The number of aromatic nitrogens is 3. The van der Waals surface area contributed by atoms with Crippen molar-refractivity contribution in [2.45, 2.75) is 33.2 Å². The molecule has 3 aromatic rings. The van der Waals surface area contributed by atoms with Crippen molar-refractivity contribution >= 4 is 22.4 Å². The Bertz CT molecular complexity index is 870. The van der Waals surface area contributed by atoms with Gasteiger partial charge in [0.2, 0.25) is 5.91 Å². The Labute approximate surface area is 149 Å². The Morgan fingerprint density at radius 1 is 1.32 bits per heavy atom. The van der Waals surface area contributed by atoms with Gasteiger partial charge < -0.3 is 9.88 Å². The van der Waals surface area contributed by atoms with E-state index >= 15 is 0 Å². The van der Waals surface area contributed by atoms with E-state index in [-0.39, 0.29) is 11.7 Å². The Morgan fingerprint density at radius 3 is 2.80 bits per heavy atom. The molecule has 1 aromatic carbocycles. The lowest BCUT2D eigenvalue weighted by Crippen LogP contribution is -2.15. The van der Waals surface area contributed by atoms with E-state index in [1.807, 2.05) is 24.6 Å². The molecule has 0 spiro atoms.